The largest absolute Gasteiger partial charge is 0.395 e. The Balaban J connectivity index is 1.99. The van der Waals surface area contributed by atoms with Crippen LogP contribution < -0.4 is 11.1 Å². The van der Waals surface area contributed by atoms with Gasteiger partial charge in [-0.1, -0.05) is 0 Å². The third kappa shape index (κ3) is 2.94. The minimum absolute atomic E-state index is 0.0447. The van der Waals surface area contributed by atoms with Gasteiger partial charge in [0.25, 0.3) is 0 Å². The van der Waals surface area contributed by atoms with Gasteiger partial charge in [0.2, 0.25) is 0 Å². The van der Waals surface area contributed by atoms with Gasteiger partial charge in [0.05, 0.1) is 11.4 Å². The summed E-state index contributed by atoms with van der Waals surface area (Å²) in [7, 11) is 0. The van der Waals surface area contributed by atoms with E-state index < -0.39 is 11.6 Å². The lowest BCUT2D eigenvalue weighted by atomic mass is 10.2. The molecule has 0 saturated carbocycles. The summed E-state index contributed by atoms with van der Waals surface area (Å²) in [5.74, 6) is -1.36. The van der Waals surface area contributed by atoms with Crippen LogP contribution in [-0.4, -0.2) is 6.54 Å². The van der Waals surface area contributed by atoms with Crippen molar-refractivity contribution in [1.82, 2.24) is 0 Å². The molecule has 0 unspecified atom stereocenters. The van der Waals surface area contributed by atoms with Crippen molar-refractivity contribution in [1.29, 1.82) is 0 Å². The average molecular weight is 254 g/mol. The minimum atomic E-state index is -0.733. The van der Waals surface area contributed by atoms with Crippen molar-refractivity contribution in [2.75, 3.05) is 17.6 Å². The summed E-state index contributed by atoms with van der Waals surface area (Å²) in [5, 5.41) is 6.96. The maximum absolute atomic E-state index is 13.1. The molecule has 0 amide bonds. The van der Waals surface area contributed by atoms with E-state index in [0.29, 0.717) is 12.2 Å². The molecule has 3 N–H and O–H groups in total. The topological polar surface area (TPSA) is 38.0 Å². The zero-order valence-corrected chi connectivity index (χ0v) is 9.86. The lowest BCUT2D eigenvalue weighted by Gasteiger charge is -2.09. The molecule has 0 aliphatic heterocycles. The van der Waals surface area contributed by atoms with Gasteiger partial charge in [0, 0.05) is 12.6 Å². The molecule has 0 bridgehead atoms. The molecule has 1 aromatic carbocycles. The van der Waals surface area contributed by atoms with Crippen LogP contribution in [0.5, 0.6) is 0 Å². The Morgan fingerprint density at radius 3 is 2.82 bits per heavy atom. The molecule has 17 heavy (non-hydrogen) atoms. The van der Waals surface area contributed by atoms with Gasteiger partial charge in [-0.15, -0.1) is 0 Å². The summed E-state index contributed by atoms with van der Waals surface area (Å²) in [6.07, 6.45) is 0.793. The van der Waals surface area contributed by atoms with Crippen LogP contribution in [0.3, 0.4) is 0 Å². The number of anilines is 2. The molecule has 90 valence electrons. The molecule has 0 atom stereocenters. The highest BCUT2D eigenvalue weighted by molar-refractivity contribution is 7.07. The summed E-state index contributed by atoms with van der Waals surface area (Å²) in [6.45, 7) is 0.587. The van der Waals surface area contributed by atoms with E-state index in [9.17, 15) is 8.78 Å². The maximum Gasteiger partial charge on any atom is 0.151 e. The van der Waals surface area contributed by atoms with Crippen molar-refractivity contribution >= 4 is 22.7 Å². The van der Waals surface area contributed by atoms with E-state index in [0.717, 1.165) is 12.5 Å². The van der Waals surface area contributed by atoms with Gasteiger partial charge in [-0.25, -0.2) is 8.78 Å². The van der Waals surface area contributed by atoms with E-state index in [-0.39, 0.29) is 5.69 Å². The van der Waals surface area contributed by atoms with Gasteiger partial charge < -0.3 is 11.1 Å². The Morgan fingerprint density at radius 2 is 2.12 bits per heavy atom. The minimum Gasteiger partial charge on any atom is -0.395 e. The smallest absolute Gasteiger partial charge is 0.151 e. The fourth-order valence-electron chi connectivity index (χ4n) is 1.51. The monoisotopic (exact) mass is 254 g/mol. The van der Waals surface area contributed by atoms with Gasteiger partial charge >= 0.3 is 0 Å². The summed E-state index contributed by atoms with van der Waals surface area (Å²) >= 11 is 1.62. The van der Waals surface area contributed by atoms with Gasteiger partial charge in [0.15, 0.2) is 5.82 Å². The van der Waals surface area contributed by atoms with E-state index >= 15 is 0 Å². The van der Waals surface area contributed by atoms with Gasteiger partial charge in [0.1, 0.15) is 5.82 Å². The molecule has 5 heteroatoms. The molecule has 2 aromatic rings. The summed E-state index contributed by atoms with van der Waals surface area (Å²) in [4.78, 5) is 0. The molecule has 0 saturated heterocycles. The molecule has 2 nitrogen and oxygen atoms in total. The predicted octanol–water partition coefficient (Wildman–Crippen LogP) is 3.26. The molecule has 0 fully saturated rings. The number of nitrogens with one attached hydrogen (secondary N) is 1. The fourth-order valence-corrected chi connectivity index (χ4v) is 2.21. The van der Waals surface area contributed by atoms with Crippen molar-refractivity contribution in [2.45, 2.75) is 6.42 Å². The maximum atomic E-state index is 13.1. The average Bonchev–Trinajstić information content (AvgIpc) is 2.78. The first-order chi connectivity index (χ1) is 8.16. The Kier molecular flexibility index (Phi) is 3.58. The van der Waals surface area contributed by atoms with Crippen molar-refractivity contribution in [3.63, 3.8) is 0 Å². The predicted molar refractivity (Wildman–Crippen MR) is 67.3 cm³/mol. The van der Waals surface area contributed by atoms with E-state index in [4.69, 9.17) is 5.73 Å². The lowest BCUT2D eigenvalue weighted by molar-refractivity contribution is 0.587. The molecule has 1 aromatic heterocycles. The SMILES string of the molecule is Nc1c(F)cc(F)cc1NCCc1ccsc1. The molecular weight excluding hydrogens is 242 g/mol. The number of rotatable bonds is 4. The van der Waals surface area contributed by atoms with Crippen LogP contribution in [-0.2, 0) is 6.42 Å². The van der Waals surface area contributed by atoms with E-state index in [1.165, 1.54) is 11.6 Å². The Morgan fingerprint density at radius 1 is 1.29 bits per heavy atom. The van der Waals surface area contributed by atoms with Crippen molar-refractivity contribution < 1.29 is 8.78 Å². The zero-order chi connectivity index (χ0) is 12.3. The third-order valence-corrected chi connectivity index (χ3v) is 3.14. The Labute approximate surface area is 102 Å². The van der Waals surface area contributed by atoms with Gasteiger partial charge in [-0.3, -0.25) is 0 Å². The van der Waals surface area contributed by atoms with Crippen LogP contribution in [0.25, 0.3) is 0 Å². The number of thiophene rings is 1. The molecule has 0 spiro atoms. The van der Waals surface area contributed by atoms with Gasteiger partial charge in [-0.2, -0.15) is 11.3 Å². The zero-order valence-electron chi connectivity index (χ0n) is 9.04. The number of benzene rings is 1. The first-order valence-electron chi connectivity index (χ1n) is 5.16. The van der Waals surface area contributed by atoms with Crippen LogP contribution in [0, 0.1) is 11.6 Å². The quantitative estimate of drug-likeness (QED) is 0.822. The van der Waals surface area contributed by atoms with Crippen LogP contribution in [0.15, 0.2) is 29.0 Å². The molecular formula is C12H12F2N2S. The molecule has 0 radical (unpaired) electrons. The molecule has 1 heterocycles. The second kappa shape index (κ2) is 5.14. The van der Waals surface area contributed by atoms with Crippen LogP contribution in [0.4, 0.5) is 20.2 Å². The van der Waals surface area contributed by atoms with Crippen LogP contribution >= 0.6 is 11.3 Å². The normalized spacial score (nSPS) is 10.5. The first kappa shape index (κ1) is 11.9. The highest BCUT2D eigenvalue weighted by Gasteiger charge is 2.07. The number of hydrogen-bond acceptors (Lipinski definition) is 3. The molecule has 0 aliphatic rings. The molecule has 2 rings (SSSR count). The van der Waals surface area contributed by atoms with E-state index in [1.54, 1.807) is 11.3 Å². The Hall–Kier alpha value is -1.62. The third-order valence-electron chi connectivity index (χ3n) is 2.40. The number of halogens is 2. The summed E-state index contributed by atoms with van der Waals surface area (Å²) in [6, 6.07) is 3.99. The van der Waals surface area contributed by atoms with Gasteiger partial charge in [-0.05, 0) is 34.9 Å². The molecule has 0 aliphatic carbocycles. The standard InChI is InChI=1S/C12H12F2N2S/c13-9-5-10(14)12(15)11(6-9)16-3-1-8-2-4-17-7-8/h2,4-7,16H,1,3,15H2. The van der Waals surface area contributed by atoms with Crippen LogP contribution in [0.2, 0.25) is 0 Å². The lowest BCUT2D eigenvalue weighted by Crippen LogP contribution is -2.08. The van der Waals surface area contributed by atoms with Crippen molar-refractivity contribution in [3.05, 3.63) is 46.2 Å². The number of nitrogens with two attached hydrogens (primary N) is 1. The highest BCUT2D eigenvalue weighted by Crippen LogP contribution is 2.23. The first-order valence-corrected chi connectivity index (χ1v) is 6.10. The van der Waals surface area contributed by atoms with Crippen molar-refractivity contribution in [2.24, 2.45) is 0 Å². The van der Waals surface area contributed by atoms with Crippen LogP contribution in [0.1, 0.15) is 5.56 Å². The fraction of sp³-hybridized carbons (Fsp3) is 0.167. The summed E-state index contributed by atoms with van der Waals surface area (Å²) in [5.41, 5.74) is 6.96. The highest BCUT2D eigenvalue weighted by atomic mass is 32.1. The number of nitrogen functional groups attached to an aromatic ring is 1. The second-order valence-corrected chi connectivity index (χ2v) is 4.44. The Bertz CT molecular complexity index is 497. The van der Waals surface area contributed by atoms with E-state index in [2.05, 4.69) is 5.32 Å². The van der Waals surface area contributed by atoms with E-state index in [1.807, 2.05) is 16.8 Å². The second-order valence-electron chi connectivity index (χ2n) is 3.66. The summed E-state index contributed by atoms with van der Waals surface area (Å²) < 4.78 is 26.1. The number of hydrogen-bond donors (Lipinski definition) is 2. The van der Waals surface area contributed by atoms with Crippen molar-refractivity contribution in [3.8, 4) is 0 Å².